The van der Waals surface area contributed by atoms with E-state index >= 15 is 0 Å². The van der Waals surface area contributed by atoms with E-state index in [-0.39, 0.29) is 11.8 Å². The van der Waals surface area contributed by atoms with Crippen LogP contribution < -0.4 is 5.32 Å². The molecule has 1 aromatic carbocycles. The Morgan fingerprint density at radius 3 is 3.00 bits per heavy atom. The smallest absolute Gasteiger partial charge is 0.222 e. The molecule has 2 rings (SSSR count). The largest absolute Gasteiger partial charge is 0.377 e. The van der Waals surface area contributed by atoms with Gasteiger partial charge in [0.1, 0.15) is 0 Å². The van der Waals surface area contributed by atoms with Crippen molar-refractivity contribution >= 4 is 17.5 Å². The second-order valence-corrected chi connectivity index (χ2v) is 5.66. The first kappa shape index (κ1) is 17.2. The molecule has 1 heterocycles. The lowest BCUT2D eigenvalue weighted by Gasteiger charge is -2.30. The average Bonchev–Trinajstić information content (AvgIpc) is 2.53. The summed E-state index contributed by atoms with van der Waals surface area (Å²) in [7, 11) is 0. The zero-order chi connectivity index (χ0) is 16.7. The van der Waals surface area contributed by atoms with Gasteiger partial charge in [0.2, 0.25) is 11.8 Å². The first-order valence-electron chi connectivity index (χ1n) is 7.96. The van der Waals surface area contributed by atoms with E-state index < -0.39 is 0 Å². The molecule has 0 saturated heterocycles. The summed E-state index contributed by atoms with van der Waals surface area (Å²) in [4.78, 5) is 25.4. The van der Waals surface area contributed by atoms with Crippen molar-refractivity contribution in [3.8, 4) is 0 Å². The van der Waals surface area contributed by atoms with Crippen LogP contribution in [0.15, 0.2) is 30.9 Å². The van der Waals surface area contributed by atoms with Crippen molar-refractivity contribution in [3.05, 3.63) is 42.0 Å². The van der Waals surface area contributed by atoms with Crippen LogP contribution in [0.25, 0.3) is 0 Å². The van der Waals surface area contributed by atoms with Gasteiger partial charge in [0.05, 0.1) is 6.61 Å². The molecule has 0 aliphatic carbocycles. The second-order valence-electron chi connectivity index (χ2n) is 5.66. The average molecular weight is 316 g/mol. The topological polar surface area (TPSA) is 58.6 Å². The molecule has 1 N–H and O–H groups in total. The lowest BCUT2D eigenvalue weighted by atomic mass is 9.97. The number of nitrogens with zero attached hydrogens (tertiary/aromatic N) is 1. The molecule has 5 nitrogen and oxygen atoms in total. The van der Waals surface area contributed by atoms with Gasteiger partial charge in [-0.1, -0.05) is 18.2 Å². The molecule has 0 fully saturated rings. The predicted molar refractivity (Wildman–Crippen MR) is 90.1 cm³/mol. The van der Waals surface area contributed by atoms with Crippen LogP contribution in [0.2, 0.25) is 0 Å². The maximum Gasteiger partial charge on any atom is 0.222 e. The van der Waals surface area contributed by atoms with Crippen molar-refractivity contribution in [2.45, 2.75) is 32.7 Å². The number of fused-ring (bicyclic) bond motifs is 1. The van der Waals surface area contributed by atoms with Crippen LogP contribution in [0.1, 0.15) is 30.9 Å². The number of anilines is 1. The summed E-state index contributed by atoms with van der Waals surface area (Å²) in [5.74, 6) is 0.0826. The third-order valence-electron chi connectivity index (χ3n) is 3.84. The number of amides is 2. The summed E-state index contributed by atoms with van der Waals surface area (Å²) in [5.41, 5.74) is 3.11. The Morgan fingerprint density at radius 1 is 1.43 bits per heavy atom. The van der Waals surface area contributed by atoms with Gasteiger partial charge in [-0.15, -0.1) is 6.58 Å². The summed E-state index contributed by atoms with van der Waals surface area (Å²) < 4.78 is 5.30. The van der Waals surface area contributed by atoms with Crippen LogP contribution in [0.3, 0.4) is 0 Å². The van der Waals surface area contributed by atoms with Crippen LogP contribution in [0.5, 0.6) is 0 Å². The fraction of sp³-hybridized carbons (Fsp3) is 0.444. The fourth-order valence-corrected chi connectivity index (χ4v) is 2.78. The minimum atomic E-state index is -0.0727. The number of rotatable bonds is 7. The lowest BCUT2D eigenvalue weighted by Crippen LogP contribution is -2.36. The first-order chi connectivity index (χ1) is 11.1. The summed E-state index contributed by atoms with van der Waals surface area (Å²) in [6.45, 7) is 7.49. The maximum atomic E-state index is 12.3. The Bertz CT molecular complexity index is 584. The first-order valence-corrected chi connectivity index (χ1v) is 7.96. The Balaban J connectivity index is 1.91. The summed E-state index contributed by atoms with van der Waals surface area (Å²) in [6.07, 6.45) is 3.69. The zero-order valence-corrected chi connectivity index (χ0v) is 13.6. The molecular weight excluding hydrogens is 292 g/mol. The molecule has 1 aromatic rings. The molecule has 23 heavy (non-hydrogen) atoms. The van der Waals surface area contributed by atoms with Gasteiger partial charge in [-0.05, 0) is 30.0 Å². The molecule has 0 atom stereocenters. The van der Waals surface area contributed by atoms with Gasteiger partial charge >= 0.3 is 0 Å². The van der Waals surface area contributed by atoms with Crippen molar-refractivity contribution in [3.63, 3.8) is 0 Å². The highest BCUT2D eigenvalue weighted by atomic mass is 16.5. The normalized spacial score (nSPS) is 13.3. The van der Waals surface area contributed by atoms with E-state index in [2.05, 4.69) is 11.9 Å². The maximum absolute atomic E-state index is 12.3. The van der Waals surface area contributed by atoms with Crippen molar-refractivity contribution in [1.82, 2.24) is 4.90 Å². The number of carbonyl (C=O) groups excluding carboxylic acids is 2. The highest BCUT2D eigenvalue weighted by Crippen LogP contribution is 2.26. The minimum absolute atomic E-state index is 0.0727. The molecular formula is C18H24N2O3. The van der Waals surface area contributed by atoms with Gasteiger partial charge in [-0.25, -0.2) is 0 Å². The van der Waals surface area contributed by atoms with Crippen molar-refractivity contribution in [2.24, 2.45) is 0 Å². The van der Waals surface area contributed by atoms with Gasteiger partial charge in [0.15, 0.2) is 0 Å². The molecule has 1 aliphatic heterocycles. The number of nitrogens with one attached hydrogen (secondary N) is 1. The standard InChI is InChI=1S/C18H24N2O3/c1-3-11-23-12-5-8-18(22)20-10-9-16-15(13-20)6-4-7-17(16)19-14(2)21/h3-4,6-7H,1,5,8-13H2,2H3,(H,19,21). The number of benzene rings is 1. The van der Waals surface area contributed by atoms with Crippen LogP contribution in [-0.4, -0.2) is 36.5 Å². The van der Waals surface area contributed by atoms with E-state index in [9.17, 15) is 9.59 Å². The van der Waals surface area contributed by atoms with Gasteiger partial charge in [-0.3, -0.25) is 9.59 Å². The molecule has 124 valence electrons. The number of hydrogen-bond donors (Lipinski definition) is 1. The monoisotopic (exact) mass is 316 g/mol. The Labute approximate surface area is 137 Å². The highest BCUT2D eigenvalue weighted by molar-refractivity contribution is 5.90. The van der Waals surface area contributed by atoms with Crippen molar-refractivity contribution < 1.29 is 14.3 Å². The Kier molecular flexibility index (Phi) is 6.35. The van der Waals surface area contributed by atoms with Crippen molar-refractivity contribution in [1.29, 1.82) is 0 Å². The predicted octanol–water partition coefficient (Wildman–Crippen LogP) is 2.51. The molecule has 5 heteroatoms. The van der Waals surface area contributed by atoms with Crippen LogP contribution >= 0.6 is 0 Å². The molecule has 0 aromatic heterocycles. The van der Waals surface area contributed by atoms with E-state index in [1.807, 2.05) is 23.1 Å². The number of ether oxygens (including phenoxy) is 1. The highest BCUT2D eigenvalue weighted by Gasteiger charge is 2.22. The Morgan fingerprint density at radius 2 is 2.26 bits per heavy atom. The number of hydrogen-bond acceptors (Lipinski definition) is 3. The zero-order valence-electron chi connectivity index (χ0n) is 13.6. The lowest BCUT2D eigenvalue weighted by molar-refractivity contribution is -0.132. The summed E-state index contributed by atoms with van der Waals surface area (Å²) in [5, 5.41) is 2.86. The Hall–Kier alpha value is -2.14. The molecule has 0 unspecified atom stereocenters. The molecule has 2 amide bonds. The van der Waals surface area contributed by atoms with Crippen molar-refractivity contribution in [2.75, 3.05) is 25.1 Å². The SMILES string of the molecule is C=CCOCCCC(=O)N1CCc2c(cccc2NC(C)=O)C1. The van der Waals surface area contributed by atoms with E-state index in [4.69, 9.17) is 4.74 Å². The van der Waals surface area contributed by atoms with Gasteiger partial charge in [-0.2, -0.15) is 0 Å². The third kappa shape index (κ3) is 4.93. The number of carbonyl (C=O) groups is 2. The summed E-state index contributed by atoms with van der Waals surface area (Å²) in [6, 6.07) is 5.85. The molecule has 0 saturated carbocycles. The molecule has 0 spiro atoms. The third-order valence-corrected chi connectivity index (χ3v) is 3.84. The molecule has 0 bridgehead atoms. The van der Waals surface area contributed by atoms with E-state index in [1.165, 1.54) is 6.92 Å². The second kappa shape index (κ2) is 8.48. The quantitative estimate of drug-likeness (QED) is 0.621. The van der Waals surface area contributed by atoms with E-state index in [0.29, 0.717) is 32.7 Å². The van der Waals surface area contributed by atoms with Crippen LogP contribution in [0, 0.1) is 0 Å². The van der Waals surface area contributed by atoms with E-state index in [1.54, 1.807) is 6.08 Å². The minimum Gasteiger partial charge on any atom is -0.377 e. The molecule has 0 radical (unpaired) electrons. The van der Waals surface area contributed by atoms with Crippen LogP contribution in [0.4, 0.5) is 5.69 Å². The van der Waals surface area contributed by atoms with Gasteiger partial charge in [0.25, 0.3) is 0 Å². The molecule has 1 aliphatic rings. The van der Waals surface area contributed by atoms with E-state index in [0.717, 1.165) is 29.7 Å². The van der Waals surface area contributed by atoms with Crippen LogP contribution in [-0.2, 0) is 27.3 Å². The summed E-state index contributed by atoms with van der Waals surface area (Å²) >= 11 is 0. The van der Waals surface area contributed by atoms with Gasteiger partial charge in [0, 0.05) is 38.7 Å². The fourth-order valence-electron chi connectivity index (χ4n) is 2.78. The van der Waals surface area contributed by atoms with Gasteiger partial charge < -0.3 is 15.0 Å².